The minimum atomic E-state index is 1.19. The second-order valence-electron chi connectivity index (χ2n) is 18.8. The molecule has 0 aliphatic rings. The van der Waals surface area contributed by atoms with E-state index < -0.39 is 0 Å². The maximum atomic E-state index is 2.53. The first-order chi connectivity index (χ1) is 34.2. The molecule has 0 amide bonds. The summed E-state index contributed by atoms with van der Waals surface area (Å²) in [6.45, 7) is 13.6. The van der Waals surface area contributed by atoms with Crippen LogP contribution in [0.15, 0.2) is 206 Å². The minimum absolute atomic E-state index is 1.19. The molecule has 0 atom stereocenters. The highest BCUT2D eigenvalue weighted by atomic mass is 32.1. The van der Waals surface area contributed by atoms with Gasteiger partial charge in [0.05, 0.1) is 32.1 Å². The SMILES string of the molecule is Cc1ccccc1N(c1c(C)cc(-c2cc(C)c(N(c3ccccc3C)c3cccc4c3sc3c(-c5ccccc5)cccc34)c(C)c2)cc1C)c1cccc2c1sc1c(-c3ccccc3)cccc12. The standard InChI is InChI=1S/C66H52N2S2/c1-41-21-13-15-33-57(41)67(59-35-19-31-55-53-29-17-27-51(63(53)69-65(55)59)47-23-9-7-10-24-47)61-43(3)37-49(38-44(61)4)50-39-45(5)62(46(6)40-50)68(58-34-16-14-22-42(58)2)60-36-20-32-56-54-30-18-28-52(64(54)70-66(56)60)48-25-11-8-12-26-48/h7-40H,1-6H3. The van der Waals surface area contributed by atoms with Crippen LogP contribution in [0.1, 0.15) is 33.4 Å². The number of benzene rings is 10. The van der Waals surface area contributed by atoms with Crippen molar-refractivity contribution in [1.29, 1.82) is 0 Å². The van der Waals surface area contributed by atoms with Crippen molar-refractivity contribution in [2.45, 2.75) is 41.5 Å². The van der Waals surface area contributed by atoms with E-state index in [0.717, 1.165) is 0 Å². The summed E-state index contributed by atoms with van der Waals surface area (Å²) in [6.07, 6.45) is 0. The topological polar surface area (TPSA) is 6.48 Å². The molecule has 0 radical (unpaired) electrons. The average molecular weight is 937 g/mol. The van der Waals surface area contributed by atoms with Crippen molar-refractivity contribution in [3.8, 4) is 33.4 Å². The summed E-state index contributed by atoms with van der Waals surface area (Å²) in [5.41, 5.74) is 22.1. The smallest absolute Gasteiger partial charge is 0.0640 e. The van der Waals surface area contributed by atoms with E-state index in [0.29, 0.717) is 0 Å². The number of anilines is 6. The lowest BCUT2D eigenvalue weighted by Crippen LogP contribution is -2.15. The monoisotopic (exact) mass is 936 g/mol. The van der Waals surface area contributed by atoms with Gasteiger partial charge in [0.2, 0.25) is 0 Å². The lowest BCUT2D eigenvalue weighted by Gasteiger charge is -2.31. The summed E-state index contributed by atoms with van der Waals surface area (Å²) < 4.78 is 5.21. The maximum absolute atomic E-state index is 2.53. The molecule has 0 spiro atoms. The molecule has 0 bridgehead atoms. The Bertz CT molecular complexity index is 3670. The van der Waals surface area contributed by atoms with Crippen LogP contribution in [0.3, 0.4) is 0 Å². The lowest BCUT2D eigenvalue weighted by atomic mass is 9.93. The second kappa shape index (κ2) is 17.6. The van der Waals surface area contributed by atoms with Crippen molar-refractivity contribution in [3.05, 3.63) is 240 Å². The number of rotatable bonds is 9. The zero-order valence-corrected chi connectivity index (χ0v) is 42.0. The molecule has 0 fully saturated rings. The van der Waals surface area contributed by atoms with Gasteiger partial charge in [-0.3, -0.25) is 0 Å². The fourth-order valence-electron chi connectivity index (χ4n) is 11.0. The van der Waals surface area contributed by atoms with E-state index >= 15 is 0 Å². The van der Waals surface area contributed by atoms with E-state index in [9.17, 15) is 0 Å². The number of hydrogen-bond acceptors (Lipinski definition) is 4. The van der Waals surface area contributed by atoms with E-state index in [-0.39, 0.29) is 0 Å². The number of nitrogens with zero attached hydrogens (tertiary/aromatic N) is 2. The van der Waals surface area contributed by atoms with Gasteiger partial charge >= 0.3 is 0 Å². The van der Waals surface area contributed by atoms with E-state index in [1.54, 1.807) is 0 Å². The molecule has 12 rings (SSSR count). The van der Waals surface area contributed by atoms with Crippen LogP contribution in [0.4, 0.5) is 34.1 Å². The molecule has 10 aromatic carbocycles. The molecular formula is C66H52N2S2. The van der Waals surface area contributed by atoms with Gasteiger partial charge in [-0.05, 0) is 157 Å². The molecule has 0 N–H and O–H groups in total. The average Bonchev–Trinajstić information content (AvgIpc) is 3.97. The molecule has 0 saturated carbocycles. The summed E-state index contributed by atoms with van der Waals surface area (Å²) in [5, 5.41) is 5.16. The zero-order chi connectivity index (χ0) is 47.6. The van der Waals surface area contributed by atoms with Crippen molar-refractivity contribution in [3.63, 3.8) is 0 Å². The highest BCUT2D eigenvalue weighted by Gasteiger charge is 2.26. The summed E-state index contributed by atoms with van der Waals surface area (Å²) >= 11 is 3.81. The molecule has 4 heteroatoms. The van der Waals surface area contributed by atoms with Crippen LogP contribution in [0.2, 0.25) is 0 Å². The molecular weight excluding hydrogens is 885 g/mol. The van der Waals surface area contributed by atoms with E-state index in [1.165, 1.54) is 141 Å². The summed E-state index contributed by atoms with van der Waals surface area (Å²) in [5.74, 6) is 0. The van der Waals surface area contributed by atoms with Crippen LogP contribution in [0.5, 0.6) is 0 Å². The molecule has 0 saturated heterocycles. The molecule has 0 aliphatic carbocycles. The third kappa shape index (κ3) is 7.29. The number of hydrogen-bond donors (Lipinski definition) is 0. The van der Waals surface area contributed by atoms with Gasteiger partial charge in [0.1, 0.15) is 0 Å². The first-order valence-electron chi connectivity index (χ1n) is 24.2. The predicted octanol–water partition coefficient (Wildman–Crippen LogP) is 20.2. The molecule has 70 heavy (non-hydrogen) atoms. The number of para-hydroxylation sites is 2. The second-order valence-corrected chi connectivity index (χ2v) is 20.8. The molecule has 2 heterocycles. The Morgan fingerprint density at radius 1 is 0.257 bits per heavy atom. The van der Waals surface area contributed by atoms with Crippen molar-refractivity contribution in [2.24, 2.45) is 0 Å². The Kier molecular flexibility index (Phi) is 11.0. The highest BCUT2D eigenvalue weighted by Crippen LogP contribution is 2.52. The third-order valence-corrected chi connectivity index (χ3v) is 16.7. The predicted molar refractivity (Wildman–Crippen MR) is 306 cm³/mol. The van der Waals surface area contributed by atoms with E-state index in [2.05, 4.69) is 258 Å². The molecule has 12 aromatic rings. The molecule has 2 aromatic heterocycles. The lowest BCUT2D eigenvalue weighted by molar-refractivity contribution is 1.20. The Morgan fingerprint density at radius 3 is 0.943 bits per heavy atom. The van der Waals surface area contributed by atoms with Crippen molar-refractivity contribution in [1.82, 2.24) is 0 Å². The summed E-state index contributed by atoms with van der Waals surface area (Å²) in [6, 6.07) is 76.1. The quantitative estimate of drug-likeness (QED) is 0.142. The minimum Gasteiger partial charge on any atom is -0.308 e. The Hall–Kier alpha value is -7.76. The van der Waals surface area contributed by atoms with Gasteiger partial charge in [-0.25, -0.2) is 0 Å². The van der Waals surface area contributed by atoms with Crippen LogP contribution in [0, 0.1) is 41.5 Å². The molecule has 2 nitrogen and oxygen atoms in total. The molecule has 0 unspecified atom stereocenters. The molecule has 338 valence electrons. The fraction of sp³-hybridized carbons (Fsp3) is 0.0909. The van der Waals surface area contributed by atoms with Gasteiger partial charge in [0.25, 0.3) is 0 Å². The van der Waals surface area contributed by atoms with Crippen LogP contribution >= 0.6 is 22.7 Å². The van der Waals surface area contributed by atoms with Gasteiger partial charge in [-0.2, -0.15) is 0 Å². The van der Waals surface area contributed by atoms with Gasteiger partial charge in [0, 0.05) is 42.3 Å². The van der Waals surface area contributed by atoms with Crippen LogP contribution in [-0.4, -0.2) is 0 Å². The van der Waals surface area contributed by atoms with Crippen molar-refractivity contribution in [2.75, 3.05) is 9.80 Å². The third-order valence-electron chi connectivity index (χ3n) is 14.1. The number of aryl methyl sites for hydroxylation is 6. The van der Waals surface area contributed by atoms with Crippen molar-refractivity contribution < 1.29 is 0 Å². The van der Waals surface area contributed by atoms with Crippen LogP contribution < -0.4 is 9.80 Å². The van der Waals surface area contributed by atoms with Crippen LogP contribution in [-0.2, 0) is 0 Å². The van der Waals surface area contributed by atoms with Crippen LogP contribution in [0.25, 0.3) is 73.7 Å². The summed E-state index contributed by atoms with van der Waals surface area (Å²) in [7, 11) is 0. The molecule has 0 aliphatic heterocycles. The first-order valence-corrected chi connectivity index (χ1v) is 25.8. The zero-order valence-electron chi connectivity index (χ0n) is 40.3. The number of fused-ring (bicyclic) bond motifs is 6. The Labute approximate surface area is 419 Å². The first kappa shape index (κ1) is 43.5. The Balaban J connectivity index is 0.994. The highest BCUT2D eigenvalue weighted by molar-refractivity contribution is 7.27. The van der Waals surface area contributed by atoms with Gasteiger partial charge in [-0.1, -0.05) is 158 Å². The van der Waals surface area contributed by atoms with E-state index in [1.807, 2.05) is 22.7 Å². The van der Waals surface area contributed by atoms with E-state index in [4.69, 9.17) is 0 Å². The fourth-order valence-corrected chi connectivity index (χ4v) is 13.7. The van der Waals surface area contributed by atoms with Gasteiger partial charge in [-0.15, -0.1) is 22.7 Å². The Morgan fingerprint density at radius 2 is 0.571 bits per heavy atom. The summed E-state index contributed by atoms with van der Waals surface area (Å²) in [4.78, 5) is 5.06. The van der Waals surface area contributed by atoms with Gasteiger partial charge < -0.3 is 9.80 Å². The number of thiophene rings is 2. The van der Waals surface area contributed by atoms with Gasteiger partial charge in [0.15, 0.2) is 0 Å². The normalized spacial score (nSPS) is 11.6. The largest absolute Gasteiger partial charge is 0.308 e. The van der Waals surface area contributed by atoms with Crippen molar-refractivity contribution >= 4 is 97.1 Å². The maximum Gasteiger partial charge on any atom is 0.0640 e.